The normalized spacial score (nSPS) is 10.1. The van der Waals surface area contributed by atoms with Crippen molar-refractivity contribution in [2.45, 2.75) is 0 Å². The number of hydrogen-bond donors (Lipinski definition) is 1. The zero-order valence-corrected chi connectivity index (χ0v) is 9.93. The number of carbonyl (C=O) groups excluding carboxylic acids is 1. The van der Waals surface area contributed by atoms with Crippen molar-refractivity contribution in [1.82, 2.24) is 0 Å². The van der Waals surface area contributed by atoms with Crippen molar-refractivity contribution in [2.75, 3.05) is 17.7 Å². The van der Waals surface area contributed by atoms with Crippen molar-refractivity contribution >= 4 is 17.3 Å². The van der Waals surface area contributed by atoms with Gasteiger partial charge in [0.25, 0.3) is 5.91 Å². The molecule has 0 heterocycles. The molecule has 0 radical (unpaired) electrons. The molecular weight excluding hydrogens is 231 g/mol. The predicted octanol–water partition coefficient (Wildman–Crippen LogP) is 2.68. The maximum Gasteiger partial charge on any atom is 0.258 e. The molecular formula is C14H13FN2O. The van der Waals surface area contributed by atoms with Crippen LogP contribution in [0.1, 0.15) is 10.4 Å². The van der Waals surface area contributed by atoms with Gasteiger partial charge < -0.3 is 10.6 Å². The summed E-state index contributed by atoms with van der Waals surface area (Å²) in [5.74, 6) is -0.707. The molecule has 0 spiro atoms. The molecule has 0 aliphatic heterocycles. The van der Waals surface area contributed by atoms with Gasteiger partial charge in [0.15, 0.2) is 0 Å². The number of benzene rings is 2. The fourth-order valence-corrected chi connectivity index (χ4v) is 1.67. The van der Waals surface area contributed by atoms with Crippen LogP contribution in [0.4, 0.5) is 15.8 Å². The summed E-state index contributed by atoms with van der Waals surface area (Å²) in [5.41, 5.74) is 7.21. The van der Waals surface area contributed by atoms with Crippen molar-refractivity contribution in [3.05, 3.63) is 59.9 Å². The zero-order valence-electron chi connectivity index (χ0n) is 9.93. The zero-order chi connectivity index (χ0) is 13.1. The molecule has 0 bridgehead atoms. The van der Waals surface area contributed by atoms with Gasteiger partial charge in [-0.3, -0.25) is 4.79 Å². The van der Waals surface area contributed by atoms with E-state index in [4.69, 9.17) is 5.73 Å². The molecule has 0 aliphatic rings. The summed E-state index contributed by atoms with van der Waals surface area (Å²) in [5, 5.41) is 0. The lowest BCUT2D eigenvalue weighted by Crippen LogP contribution is -2.26. The molecule has 2 aromatic carbocycles. The molecule has 2 aromatic rings. The van der Waals surface area contributed by atoms with Crippen molar-refractivity contribution in [3.63, 3.8) is 0 Å². The summed E-state index contributed by atoms with van der Waals surface area (Å²) < 4.78 is 13.1. The molecule has 0 saturated carbocycles. The predicted molar refractivity (Wildman–Crippen MR) is 70.0 cm³/mol. The Hall–Kier alpha value is -2.36. The summed E-state index contributed by atoms with van der Waals surface area (Å²) in [7, 11) is 1.63. The first-order valence-corrected chi connectivity index (χ1v) is 5.47. The van der Waals surface area contributed by atoms with E-state index >= 15 is 0 Å². The number of hydrogen-bond acceptors (Lipinski definition) is 2. The van der Waals surface area contributed by atoms with Gasteiger partial charge in [-0.1, -0.05) is 12.1 Å². The number of rotatable bonds is 2. The van der Waals surface area contributed by atoms with Gasteiger partial charge in [-0.15, -0.1) is 0 Å². The first-order chi connectivity index (χ1) is 8.58. The molecule has 0 aromatic heterocycles. The smallest absolute Gasteiger partial charge is 0.258 e. The van der Waals surface area contributed by atoms with E-state index in [-0.39, 0.29) is 5.91 Å². The molecule has 92 valence electrons. The molecule has 2 N–H and O–H groups in total. The first-order valence-electron chi connectivity index (χ1n) is 5.47. The highest BCUT2D eigenvalue weighted by atomic mass is 19.1. The van der Waals surface area contributed by atoms with Gasteiger partial charge in [-0.05, 0) is 36.4 Å². The Kier molecular flexibility index (Phi) is 3.28. The molecule has 0 unspecified atom stereocenters. The van der Waals surface area contributed by atoms with E-state index in [2.05, 4.69) is 0 Å². The molecule has 4 heteroatoms. The quantitative estimate of drug-likeness (QED) is 0.825. The second kappa shape index (κ2) is 4.87. The van der Waals surface area contributed by atoms with Crippen LogP contribution in [0.15, 0.2) is 48.5 Å². The molecule has 2 rings (SSSR count). The molecule has 0 atom stereocenters. The maximum atomic E-state index is 13.1. The lowest BCUT2D eigenvalue weighted by molar-refractivity contribution is 0.0992. The molecule has 3 nitrogen and oxygen atoms in total. The summed E-state index contributed by atoms with van der Waals surface area (Å²) >= 11 is 0. The van der Waals surface area contributed by atoms with Crippen LogP contribution in [0.3, 0.4) is 0 Å². The third-order valence-electron chi connectivity index (χ3n) is 2.63. The molecule has 1 amide bonds. The number of anilines is 2. The number of nitrogens with zero attached hydrogens (tertiary/aromatic N) is 1. The molecule has 0 saturated heterocycles. The highest BCUT2D eigenvalue weighted by Gasteiger charge is 2.13. The summed E-state index contributed by atoms with van der Waals surface area (Å²) in [6.07, 6.45) is 0. The van der Waals surface area contributed by atoms with E-state index < -0.39 is 5.82 Å². The van der Waals surface area contributed by atoms with Crippen LogP contribution >= 0.6 is 0 Å². The number of carbonyl (C=O) groups is 1. The van der Waals surface area contributed by atoms with E-state index in [0.29, 0.717) is 16.9 Å². The van der Waals surface area contributed by atoms with Crippen LogP contribution in [0.5, 0.6) is 0 Å². The largest absolute Gasteiger partial charge is 0.399 e. The average molecular weight is 244 g/mol. The topological polar surface area (TPSA) is 46.3 Å². The number of halogens is 1. The lowest BCUT2D eigenvalue weighted by atomic mass is 10.2. The Balaban J connectivity index is 2.29. The standard InChI is InChI=1S/C14H13FN2O/c1-17(13-7-3-6-12(16)9-13)14(18)10-4-2-5-11(15)8-10/h2-9H,16H2,1H3. The second-order valence-corrected chi connectivity index (χ2v) is 3.97. The Morgan fingerprint density at radius 2 is 1.89 bits per heavy atom. The van der Waals surface area contributed by atoms with Gasteiger partial charge in [0, 0.05) is 24.0 Å². The summed E-state index contributed by atoms with van der Waals surface area (Å²) in [4.78, 5) is 13.6. The highest BCUT2D eigenvalue weighted by Crippen LogP contribution is 2.18. The van der Waals surface area contributed by atoms with Crippen LogP contribution in [-0.4, -0.2) is 13.0 Å². The van der Waals surface area contributed by atoms with Gasteiger partial charge >= 0.3 is 0 Å². The van der Waals surface area contributed by atoms with Gasteiger partial charge in [-0.2, -0.15) is 0 Å². The molecule has 18 heavy (non-hydrogen) atoms. The number of amides is 1. The number of nitrogens with two attached hydrogens (primary N) is 1. The van der Waals surface area contributed by atoms with Crippen LogP contribution in [0.2, 0.25) is 0 Å². The van der Waals surface area contributed by atoms with Gasteiger partial charge in [-0.25, -0.2) is 4.39 Å². The first kappa shape index (κ1) is 12.1. The van der Waals surface area contributed by atoms with Crippen molar-refractivity contribution in [2.24, 2.45) is 0 Å². The van der Waals surface area contributed by atoms with Gasteiger partial charge in [0.1, 0.15) is 5.82 Å². The monoisotopic (exact) mass is 244 g/mol. The van der Waals surface area contributed by atoms with E-state index in [0.717, 1.165) is 0 Å². The minimum absolute atomic E-state index is 0.278. The van der Waals surface area contributed by atoms with E-state index in [1.807, 2.05) is 0 Å². The Bertz CT molecular complexity index is 584. The second-order valence-electron chi connectivity index (χ2n) is 3.97. The van der Waals surface area contributed by atoms with E-state index in [1.165, 1.54) is 23.1 Å². The third kappa shape index (κ3) is 2.48. The minimum atomic E-state index is -0.429. The van der Waals surface area contributed by atoms with Gasteiger partial charge in [0.2, 0.25) is 0 Å². The highest BCUT2D eigenvalue weighted by molar-refractivity contribution is 6.05. The van der Waals surface area contributed by atoms with Crippen molar-refractivity contribution in [3.8, 4) is 0 Å². The van der Waals surface area contributed by atoms with Crippen LogP contribution in [0.25, 0.3) is 0 Å². The Morgan fingerprint density at radius 3 is 2.56 bits per heavy atom. The summed E-state index contributed by atoms with van der Waals surface area (Å²) in [6, 6.07) is 12.6. The lowest BCUT2D eigenvalue weighted by Gasteiger charge is -2.17. The minimum Gasteiger partial charge on any atom is -0.399 e. The van der Waals surface area contributed by atoms with Crippen LogP contribution in [-0.2, 0) is 0 Å². The average Bonchev–Trinajstić information content (AvgIpc) is 2.37. The van der Waals surface area contributed by atoms with Crippen LogP contribution in [0, 0.1) is 5.82 Å². The van der Waals surface area contributed by atoms with Crippen molar-refractivity contribution < 1.29 is 9.18 Å². The summed E-state index contributed by atoms with van der Waals surface area (Å²) in [6.45, 7) is 0. The van der Waals surface area contributed by atoms with E-state index in [9.17, 15) is 9.18 Å². The van der Waals surface area contributed by atoms with Crippen LogP contribution < -0.4 is 10.6 Å². The fourth-order valence-electron chi connectivity index (χ4n) is 1.67. The maximum absolute atomic E-state index is 13.1. The van der Waals surface area contributed by atoms with Crippen molar-refractivity contribution in [1.29, 1.82) is 0 Å². The fraction of sp³-hybridized carbons (Fsp3) is 0.0714. The Morgan fingerprint density at radius 1 is 1.17 bits per heavy atom. The van der Waals surface area contributed by atoms with Gasteiger partial charge in [0.05, 0.1) is 0 Å². The number of nitrogen functional groups attached to an aromatic ring is 1. The Labute approximate surface area is 105 Å². The molecule has 0 fully saturated rings. The molecule has 0 aliphatic carbocycles. The van der Waals surface area contributed by atoms with E-state index in [1.54, 1.807) is 37.4 Å². The SMILES string of the molecule is CN(C(=O)c1cccc(F)c1)c1cccc(N)c1. The third-order valence-corrected chi connectivity index (χ3v) is 2.63.